The normalized spacial score (nSPS) is 10.4. The molecular weight excluding hydrogens is 238 g/mol. The number of hydrogen-bond acceptors (Lipinski definition) is 4. The summed E-state index contributed by atoms with van der Waals surface area (Å²) in [6.07, 6.45) is 1.69. The first kappa shape index (κ1) is 11.5. The summed E-state index contributed by atoms with van der Waals surface area (Å²) in [5.41, 5.74) is 6.05. The van der Waals surface area contributed by atoms with E-state index in [9.17, 15) is 9.59 Å². The zero-order chi connectivity index (χ0) is 12.4. The molecule has 0 unspecified atom stereocenters. The third-order valence-electron chi connectivity index (χ3n) is 2.27. The number of hydrogen-bond donors (Lipinski definition) is 1. The molecule has 0 bridgehead atoms. The van der Waals surface area contributed by atoms with Gasteiger partial charge in [0.2, 0.25) is 0 Å². The van der Waals surface area contributed by atoms with Crippen LogP contribution in [-0.4, -0.2) is 21.5 Å². The van der Waals surface area contributed by atoms with Gasteiger partial charge in [-0.15, -0.1) is 11.3 Å². The second-order valence-electron chi connectivity index (χ2n) is 3.62. The molecule has 2 aromatic heterocycles. The lowest BCUT2D eigenvalue weighted by molar-refractivity contribution is 0.0992. The standard InChI is InChI=1S/C11H11N3O2S/c1-7(15)8-4-9(17-6-8)5-14-3-2-10(13-14)11(12)16/h2-4,6H,5H2,1H3,(H2,12,16). The van der Waals surface area contributed by atoms with E-state index in [1.807, 2.05) is 11.4 Å². The zero-order valence-corrected chi connectivity index (χ0v) is 10.0. The summed E-state index contributed by atoms with van der Waals surface area (Å²) in [4.78, 5) is 23.0. The van der Waals surface area contributed by atoms with Crippen molar-refractivity contribution in [3.05, 3.63) is 39.8 Å². The van der Waals surface area contributed by atoms with Crippen molar-refractivity contribution in [2.75, 3.05) is 0 Å². The second kappa shape index (κ2) is 4.50. The number of thiophene rings is 1. The molecule has 1 amide bonds. The predicted molar refractivity (Wildman–Crippen MR) is 64.2 cm³/mol. The number of carbonyl (C=O) groups excluding carboxylic acids is 2. The summed E-state index contributed by atoms with van der Waals surface area (Å²) in [6, 6.07) is 3.40. The predicted octanol–water partition coefficient (Wildman–Crippen LogP) is 1.29. The van der Waals surface area contributed by atoms with Crippen molar-refractivity contribution in [1.29, 1.82) is 0 Å². The van der Waals surface area contributed by atoms with E-state index in [0.29, 0.717) is 12.1 Å². The number of rotatable bonds is 4. The van der Waals surface area contributed by atoms with Crippen LogP contribution in [0, 0.1) is 0 Å². The van der Waals surface area contributed by atoms with Gasteiger partial charge in [0.15, 0.2) is 5.78 Å². The van der Waals surface area contributed by atoms with Gasteiger partial charge in [-0.1, -0.05) is 0 Å². The van der Waals surface area contributed by atoms with Gasteiger partial charge >= 0.3 is 0 Å². The number of ketones is 1. The van der Waals surface area contributed by atoms with Crippen molar-refractivity contribution in [3.8, 4) is 0 Å². The number of nitrogens with two attached hydrogens (primary N) is 1. The second-order valence-corrected chi connectivity index (χ2v) is 4.62. The van der Waals surface area contributed by atoms with Crippen LogP contribution in [0.4, 0.5) is 0 Å². The van der Waals surface area contributed by atoms with Crippen LogP contribution in [0.2, 0.25) is 0 Å². The number of aromatic nitrogens is 2. The van der Waals surface area contributed by atoms with E-state index in [0.717, 1.165) is 4.88 Å². The Kier molecular flexibility index (Phi) is 3.06. The van der Waals surface area contributed by atoms with Crippen molar-refractivity contribution >= 4 is 23.0 Å². The minimum absolute atomic E-state index is 0.0470. The van der Waals surface area contributed by atoms with E-state index in [4.69, 9.17) is 5.73 Å². The Labute approximate surface area is 102 Å². The maximum Gasteiger partial charge on any atom is 0.269 e. The van der Waals surface area contributed by atoms with E-state index < -0.39 is 5.91 Å². The summed E-state index contributed by atoms with van der Waals surface area (Å²) in [5, 5.41) is 5.84. The van der Waals surface area contributed by atoms with E-state index in [-0.39, 0.29) is 11.5 Å². The Hall–Kier alpha value is -1.95. The highest BCUT2D eigenvalue weighted by Gasteiger charge is 2.07. The summed E-state index contributed by atoms with van der Waals surface area (Å²) < 4.78 is 1.62. The van der Waals surface area contributed by atoms with Gasteiger partial charge in [-0.2, -0.15) is 5.10 Å². The molecule has 0 spiro atoms. The monoisotopic (exact) mass is 249 g/mol. The third kappa shape index (κ3) is 2.59. The summed E-state index contributed by atoms with van der Waals surface area (Å²) in [5.74, 6) is -0.495. The molecule has 2 N–H and O–H groups in total. The van der Waals surface area contributed by atoms with Gasteiger partial charge in [-0.3, -0.25) is 14.3 Å². The maximum absolute atomic E-state index is 11.1. The van der Waals surface area contributed by atoms with Crippen LogP contribution in [0.25, 0.3) is 0 Å². The van der Waals surface area contributed by atoms with Gasteiger partial charge in [0.1, 0.15) is 5.69 Å². The summed E-state index contributed by atoms with van der Waals surface area (Å²) >= 11 is 1.49. The minimum atomic E-state index is -0.542. The van der Waals surface area contributed by atoms with E-state index >= 15 is 0 Å². The molecule has 0 fully saturated rings. The largest absolute Gasteiger partial charge is 0.364 e. The molecule has 2 aromatic rings. The Balaban J connectivity index is 2.13. The van der Waals surface area contributed by atoms with E-state index in [1.54, 1.807) is 16.9 Å². The van der Waals surface area contributed by atoms with Crippen LogP contribution in [0.3, 0.4) is 0 Å². The molecular formula is C11H11N3O2S. The average molecular weight is 249 g/mol. The highest BCUT2D eigenvalue weighted by Crippen LogP contribution is 2.16. The molecule has 0 saturated heterocycles. The van der Waals surface area contributed by atoms with Gasteiger partial charge in [0.25, 0.3) is 5.91 Å². The van der Waals surface area contributed by atoms with Gasteiger partial charge in [-0.25, -0.2) is 0 Å². The van der Waals surface area contributed by atoms with Crippen LogP contribution in [0.5, 0.6) is 0 Å². The molecule has 0 aromatic carbocycles. The molecule has 5 nitrogen and oxygen atoms in total. The minimum Gasteiger partial charge on any atom is -0.364 e. The zero-order valence-electron chi connectivity index (χ0n) is 9.21. The van der Waals surface area contributed by atoms with Crippen molar-refractivity contribution in [2.24, 2.45) is 5.73 Å². The Bertz CT molecular complexity index is 521. The number of Topliss-reactive ketones (excluding diaryl/α,β-unsaturated/α-hetero) is 1. The highest BCUT2D eigenvalue weighted by molar-refractivity contribution is 7.10. The van der Waals surface area contributed by atoms with Gasteiger partial charge in [0.05, 0.1) is 6.54 Å². The molecule has 88 valence electrons. The SMILES string of the molecule is CC(=O)c1csc(Cn2ccc(C(N)=O)n2)c1. The molecule has 0 radical (unpaired) electrons. The lowest BCUT2D eigenvalue weighted by Gasteiger charge is -1.97. The van der Waals surface area contributed by atoms with Crippen LogP contribution >= 0.6 is 11.3 Å². The van der Waals surface area contributed by atoms with E-state index in [1.165, 1.54) is 18.3 Å². The molecule has 2 heterocycles. The molecule has 2 rings (SSSR count). The maximum atomic E-state index is 11.1. The van der Waals surface area contributed by atoms with Crippen LogP contribution < -0.4 is 5.73 Å². The number of amides is 1. The highest BCUT2D eigenvalue weighted by atomic mass is 32.1. The van der Waals surface area contributed by atoms with Crippen molar-refractivity contribution < 1.29 is 9.59 Å². The van der Waals surface area contributed by atoms with Gasteiger partial charge < -0.3 is 5.73 Å². The first-order chi connectivity index (χ1) is 8.06. The third-order valence-corrected chi connectivity index (χ3v) is 3.19. The summed E-state index contributed by atoms with van der Waals surface area (Å²) in [6.45, 7) is 2.07. The smallest absolute Gasteiger partial charge is 0.269 e. The lowest BCUT2D eigenvalue weighted by Crippen LogP contribution is -2.12. The van der Waals surface area contributed by atoms with Crippen molar-refractivity contribution in [1.82, 2.24) is 9.78 Å². The quantitative estimate of drug-likeness (QED) is 0.829. The molecule has 0 aliphatic heterocycles. The average Bonchev–Trinajstić information content (AvgIpc) is 2.87. The molecule has 17 heavy (non-hydrogen) atoms. The number of primary amides is 1. The van der Waals surface area contributed by atoms with Gasteiger partial charge in [0, 0.05) is 22.0 Å². The number of carbonyl (C=O) groups is 2. The molecule has 0 saturated carbocycles. The van der Waals surface area contributed by atoms with E-state index in [2.05, 4.69) is 5.10 Å². The summed E-state index contributed by atoms with van der Waals surface area (Å²) in [7, 11) is 0. The Morgan fingerprint density at radius 2 is 2.29 bits per heavy atom. The van der Waals surface area contributed by atoms with Crippen LogP contribution in [-0.2, 0) is 6.54 Å². The van der Waals surface area contributed by atoms with Crippen molar-refractivity contribution in [2.45, 2.75) is 13.5 Å². The number of nitrogens with zero attached hydrogens (tertiary/aromatic N) is 2. The molecule has 0 aliphatic carbocycles. The molecule has 6 heteroatoms. The Morgan fingerprint density at radius 1 is 1.53 bits per heavy atom. The lowest BCUT2D eigenvalue weighted by atomic mass is 10.2. The first-order valence-corrected chi connectivity index (χ1v) is 5.86. The fourth-order valence-corrected chi connectivity index (χ4v) is 2.30. The van der Waals surface area contributed by atoms with Crippen molar-refractivity contribution in [3.63, 3.8) is 0 Å². The first-order valence-electron chi connectivity index (χ1n) is 4.98. The topological polar surface area (TPSA) is 78.0 Å². The van der Waals surface area contributed by atoms with Crippen LogP contribution in [0.15, 0.2) is 23.7 Å². The van der Waals surface area contributed by atoms with Crippen LogP contribution in [0.1, 0.15) is 32.6 Å². The molecule has 0 atom stereocenters. The Morgan fingerprint density at radius 3 is 2.82 bits per heavy atom. The molecule has 0 aliphatic rings. The fourth-order valence-electron chi connectivity index (χ4n) is 1.39. The van der Waals surface area contributed by atoms with Gasteiger partial charge in [-0.05, 0) is 19.1 Å². The fraction of sp³-hybridized carbons (Fsp3) is 0.182.